The molecule has 37 heavy (non-hydrogen) atoms. The van der Waals surface area contributed by atoms with Gasteiger partial charge in [0.15, 0.2) is 17.2 Å². The number of Topliss-reactive ketones (excluding diaryl/α,β-unsaturated/α-hetero) is 1. The molecule has 1 aliphatic rings. The highest BCUT2D eigenvalue weighted by atomic mass is 35.5. The van der Waals surface area contributed by atoms with E-state index in [2.05, 4.69) is 0 Å². The lowest BCUT2D eigenvalue weighted by atomic mass is 9.95. The second-order valence-electron chi connectivity index (χ2n) is 8.32. The van der Waals surface area contributed by atoms with Gasteiger partial charge in [-0.25, -0.2) is 0 Å². The van der Waals surface area contributed by atoms with Gasteiger partial charge in [-0.2, -0.15) is 0 Å². The first kappa shape index (κ1) is 26.4. The summed E-state index contributed by atoms with van der Waals surface area (Å²) in [5.41, 5.74) is 1.73. The number of hydrogen-bond donors (Lipinski definition) is 1. The number of aliphatic hydroxyl groups excluding tert-OH is 1. The van der Waals surface area contributed by atoms with Gasteiger partial charge < -0.3 is 24.2 Å². The smallest absolute Gasteiger partial charge is 0.295 e. The van der Waals surface area contributed by atoms with Gasteiger partial charge in [-0.1, -0.05) is 59.6 Å². The Bertz CT molecular complexity index is 1350. The van der Waals surface area contributed by atoms with Crippen LogP contribution in [0.5, 0.6) is 17.2 Å². The third kappa shape index (κ3) is 5.10. The number of amides is 1. The van der Waals surface area contributed by atoms with Crippen LogP contribution in [0.15, 0.2) is 66.2 Å². The van der Waals surface area contributed by atoms with Crippen molar-refractivity contribution in [3.8, 4) is 17.2 Å². The number of carbonyl (C=O) groups excluding carboxylic acids is 2. The van der Waals surface area contributed by atoms with Crippen molar-refractivity contribution in [3.05, 3.63) is 93.0 Å². The maximum Gasteiger partial charge on any atom is 0.295 e. The number of methoxy groups -OCH3 is 3. The number of halogens is 2. The maximum absolute atomic E-state index is 13.3. The van der Waals surface area contributed by atoms with Crippen molar-refractivity contribution in [3.63, 3.8) is 0 Å². The molecule has 1 atom stereocenters. The Labute approximate surface area is 224 Å². The van der Waals surface area contributed by atoms with Gasteiger partial charge >= 0.3 is 0 Å². The molecule has 192 valence electrons. The minimum Gasteiger partial charge on any atom is -0.507 e. The number of carbonyl (C=O) groups is 2. The second kappa shape index (κ2) is 11.2. The number of aliphatic hydroxyl groups is 1. The van der Waals surface area contributed by atoms with Crippen LogP contribution in [-0.4, -0.2) is 49.6 Å². The summed E-state index contributed by atoms with van der Waals surface area (Å²) in [6.07, 6.45) is 0.441. The fraction of sp³-hybridized carbons (Fsp3) is 0.214. The molecule has 0 bridgehead atoms. The molecule has 1 N–H and O–H groups in total. The molecule has 1 saturated heterocycles. The topological polar surface area (TPSA) is 85.3 Å². The summed E-state index contributed by atoms with van der Waals surface area (Å²) in [5, 5.41) is 11.6. The van der Waals surface area contributed by atoms with E-state index in [0.29, 0.717) is 23.5 Å². The summed E-state index contributed by atoms with van der Waals surface area (Å²) in [5.74, 6) is -0.465. The molecule has 3 aromatic rings. The van der Waals surface area contributed by atoms with Crippen molar-refractivity contribution >= 4 is 40.7 Å². The normalized spacial score (nSPS) is 16.7. The lowest BCUT2D eigenvalue weighted by molar-refractivity contribution is -0.139. The largest absolute Gasteiger partial charge is 0.507 e. The van der Waals surface area contributed by atoms with Crippen LogP contribution in [0.4, 0.5) is 0 Å². The molecule has 1 aliphatic heterocycles. The molecule has 1 fully saturated rings. The van der Waals surface area contributed by atoms with Crippen molar-refractivity contribution < 1.29 is 28.9 Å². The Balaban J connectivity index is 1.76. The van der Waals surface area contributed by atoms with Crippen LogP contribution in [-0.2, 0) is 16.0 Å². The molecule has 0 aromatic heterocycles. The molecule has 0 aliphatic carbocycles. The van der Waals surface area contributed by atoms with Crippen LogP contribution in [0.3, 0.4) is 0 Å². The van der Waals surface area contributed by atoms with Crippen LogP contribution >= 0.6 is 23.2 Å². The van der Waals surface area contributed by atoms with Crippen molar-refractivity contribution in [2.24, 2.45) is 0 Å². The van der Waals surface area contributed by atoms with Gasteiger partial charge in [0.2, 0.25) is 0 Å². The van der Waals surface area contributed by atoms with E-state index in [9.17, 15) is 14.7 Å². The highest BCUT2D eigenvalue weighted by Crippen LogP contribution is 2.42. The zero-order valence-electron chi connectivity index (χ0n) is 20.5. The maximum atomic E-state index is 13.3. The van der Waals surface area contributed by atoms with Crippen LogP contribution in [0.1, 0.15) is 22.7 Å². The standard InChI is InChI=1S/C28H25Cl2NO6/c1-35-21-10-9-16(13-22(21)36-2)11-12-31-24(17-7-5-4-6-8-17)23(26(33)28(31)34)25(32)18-14-19(29)27(37-3)20(30)15-18/h4-10,13-15,24,32H,11-12H2,1-3H3/b25-23+. The van der Waals surface area contributed by atoms with Gasteiger partial charge in [0.05, 0.1) is 43.0 Å². The number of rotatable bonds is 8. The second-order valence-corrected chi connectivity index (χ2v) is 9.13. The van der Waals surface area contributed by atoms with E-state index in [1.165, 1.54) is 24.1 Å². The molecular formula is C28H25Cl2NO6. The van der Waals surface area contributed by atoms with E-state index in [1.54, 1.807) is 32.4 Å². The fourth-order valence-corrected chi connectivity index (χ4v) is 5.07. The van der Waals surface area contributed by atoms with Crippen LogP contribution in [0.2, 0.25) is 10.0 Å². The average molecular weight is 542 g/mol. The van der Waals surface area contributed by atoms with E-state index in [1.807, 2.05) is 30.3 Å². The van der Waals surface area contributed by atoms with Gasteiger partial charge in [0.25, 0.3) is 11.7 Å². The van der Waals surface area contributed by atoms with Gasteiger partial charge in [-0.15, -0.1) is 0 Å². The zero-order valence-corrected chi connectivity index (χ0v) is 22.0. The molecule has 7 nitrogen and oxygen atoms in total. The molecule has 1 unspecified atom stereocenters. The molecule has 0 saturated carbocycles. The number of hydrogen-bond acceptors (Lipinski definition) is 6. The molecule has 0 spiro atoms. The van der Waals surface area contributed by atoms with E-state index in [0.717, 1.165) is 5.56 Å². The predicted molar refractivity (Wildman–Crippen MR) is 142 cm³/mol. The number of likely N-dealkylation sites (tertiary alicyclic amines) is 1. The minimum absolute atomic E-state index is 0.0409. The summed E-state index contributed by atoms with van der Waals surface area (Å²) >= 11 is 12.5. The highest BCUT2D eigenvalue weighted by Gasteiger charge is 2.45. The molecule has 3 aromatic carbocycles. The summed E-state index contributed by atoms with van der Waals surface area (Å²) in [7, 11) is 4.53. The molecule has 0 radical (unpaired) electrons. The number of nitrogens with zero attached hydrogens (tertiary/aromatic N) is 1. The van der Waals surface area contributed by atoms with Crippen LogP contribution in [0.25, 0.3) is 5.76 Å². The Morgan fingerprint density at radius 3 is 2.14 bits per heavy atom. The van der Waals surface area contributed by atoms with Crippen molar-refractivity contribution in [1.82, 2.24) is 4.90 Å². The molecule has 9 heteroatoms. The van der Waals surface area contributed by atoms with Gasteiger partial charge in [0, 0.05) is 12.1 Å². The number of benzene rings is 3. The summed E-state index contributed by atoms with van der Waals surface area (Å²) in [6, 6.07) is 16.6. The fourth-order valence-electron chi connectivity index (χ4n) is 4.43. The monoisotopic (exact) mass is 541 g/mol. The summed E-state index contributed by atoms with van der Waals surface area (Å²) in [6.45, 7) is 0.223. The lowest BCUT2D eigenvalue weighted by Crippen LogP contribution is -2.31. The Morgan fingerprint density at radius 1 is 0.892 bits per heavy atom. The van der Waals surface area contributed by atoms with Crippen LogP contribution < -0.4 is 14.2 Å². The van der Waals surface area contributed by atoms with Crippen molar-refractivity contribution in [2.75, 3.05) is 27.9 Å². The number of ether oxygens (including phenoxy) is 3. The first-order chi connectivity index (χ1) is 17.8. The summed E-state index contributed by atoms with van der Waals surface area (Å²) in [4.78, 5) is 28.0. The average Bonchev–Trinajstić information content (AvgIpc) is 3.16. The van der Waals surface area contributed by atoms with E-state index >= 15 is 0 Å². The van der Waals surface area contributed by atoms with Crippen molar-refractivity contribution in [2.45, 2.75) is 12.5 Å². The quantitative estimate of drug-likeness (QED) is 0.224. The first-order valence-electron chi connectivity index (χ1n) is 11.4. The lowest BCUT2D eigenvalue weighted by Gasteiger charge is -2.25. The van der Waals surface area contributed by atoms with Gasteiger partial charge in [-0.05, 0) is 41.8 Å². The molecule has 1 heterocycles. The summed E-state index contributed by atoms with van der Waals surface area (Å²) < 4.78 is 15.9. The SMILES string of the molecule is COc1ccc(CCN2C(=O)C(=O)/C(=C(/O)c3cc(Cl)c(OC)c(Cl)c3)C2c2ccccc2)cc1OC. The molecular weight excluding hydrogens is 517 g/mol. The Morgan fingerprint density at radius 2 is 1.54 bits per heavy atom. The third-order valence-corrected chi connectivity index (χ3v) is 6.78. The van der Waals surface area contributed by atoms with E-state index in [4.69, 9.17) is 37.4 Å². The van der Waals surface area contributed by atoms with Crippen LogP contribution in [0, 0.1) is 0 Å². The van der Waals surface area contributed by atoms with Gasteiger partial charge in [-0.3, -0.25) is 9.59 Å². The van der Waals surface area contributed by atoms with Gasteiger partial charge in [0.1, 0.15) is 5.76 Å². The minimum atomic E-state index is -0.805. The zero-order chi connectivity index (χ0) is 26.7. The predicted octanol–water partition coefficient (Wildman–Crippen LogP) is 5.68. The molecule has 1 amide bonds. The third-order valence-electron chi connectivity index (χ3n) is 6.22. The van der Waals surface area contributed by atoms with E-state index in [-0.39, 0.29) is 39.2 Å². The van der Waals surface area contributed by atoms with E-state index < -0.39 is 17.7 Å². The van der Waals surface area contributed by atoms with Crippen molar-refractivity contribution in [1.29, 1.82) is 0 Å². The number of ketones is 1. The molecule has 4 rings (SSSR count). The first-order valence-corrected chi connectivity index (χ1v) is 12.1. The Kier molecular flexibility index (Phi) is 7.95. The Hall–Kier alpha value is -3.68. The highest BCUT2D eigenvalue weighted by molar-refractivity contribution is 6.46.